The minimum Gasteiger partial charge on any atom is -0.475 e. The smallest absolute Gasteiger partial charge is 0.475 e. The number of likely N-dealkylation sites (tertiary alicyclic amines) is 1. The Morgan fingerprint density at radius 1 is 1.21 bits per heavy atom. The summed E-state index contributed by atoms with van der Waals surface area (Å²) in [5.74, 6) is -2.05. The predicted octanol–water partition coefficient (Wildman–Crippen LogP) is 2.81. The highest BCUT2D eigenvalue weighted by Gasteiger charge is 2.38. The number of halogens is 3. The van der Waals surface area contributed by atoms with E-state index in [0.717, 1.165) is 56.9 Å². The highest BCUT2D eigenvalue weighted by Crippen LogP contribution is 2.25. The molecule has 2 heterocycles. The number of aliphatic carboxylic acids is 1. The predicted molar refractivity (Wildman–Crippen MR) is 101 cm³/mol. The van der Waals surface area contributed by atoms with Gasteiger partial charge in [0.1, 0.15) is 0 Å². The lowest BCUT2D eigenvalue weighted by atomic mass is 9.92. The van der Waals surface area contributed by atoms with Gasteiger partial charge >= 0.3 is 12.1 Å². The average molecular weight is 416 g/mol. The first-order valence-electron chi connectivity index (χ1n) is 9.62. The van der Waals surface area contributed by atoms with Crippen molar-refractivity contribution in [1.82, 2.24) is 9.80 Å². The second-order valence-corrected chi connectivity index (χ2v) is 7.22. The van der Waals surface area contributed by atoms with Crippen molar-refractivity contribution in [2.24, 2.45) is 5.92 Å². The Kier molecular flexibility index (Phi) is 8.04. The van der Waals surface area contributed by atoms with Crippen molar-refractivity contribution in [1.29, 1.82) is 0 Å². The Morgan fingerprint density at radius 3 is 2.45 bits per heavy atom. The number of ether oxygens (including phenoxy) is 1. The maximum Gasteiger partial charge on any atom is 0.490 e. The fourth-order valence-electron chi connectivity index (χ4n) is 3.57. The van der Waals surface area contributed by atoms with Crippen molar-refractivity contribution in [3.63, 3.8) is 0 Å². The van der Waals surface area contributed by atoms with Gasteiger partial charge in [-0.2, -0.15) is 13.2 Å². The Morgan fingerprint density at radius 2 is 1.86 bits per heavy atom. The van der Waals surface area contributed by atoms with E-state index in [2.05, 4.69) is 11.8 Å². The molecule has 0 aliphatic carbocycles. The summed E-state index contributed by atoms with van der Waals surface area (Å²) in [5, 5.41) is 7.12. The highest BCUT2D eigenvalue weighted by molar-refractivity contribution is 5.95. The first kappa shape index (κ1) is 23.2. The third kappa shape index (κ3) is 6.43. The Balaban J connectivity index is 0.000000370. The minimum absolute atomic E-state index is 0.150. The molecule has 2 saturated heterocycles. The zero-order valence-corrected chi connectivity index (χ0v) is 16.6. The van der Waals surface area contributed by atoms with Crippen LogP contribution in [0.3, 0.4) is 0 Å². The number of carbonyl (C=O) groups is 2. The molecule has 3 rings (SSSR count). The number of rotatable bonds is 2. The van der Waals surface area contributed by atoms with Crippen LogP contribution in [-0.4, -0.2) is 78.4 Å². The SMILES string of the molecule is CCN1CCO[C@@H]2CN(C(=O)c3ccccc3C)CC[C@@H]2C1.O=C(O)C(F)(F)F. The molecule has 9 heteroatoms. The molecule has 6 nitrogen and oxygen atoms in total. The number of benzene rings is 1. The highest BCUT2D eigenvalue weighted by atomic mass is 19.4. The van der Waals surface area contributed by atoms with Gasteiger partial charge in [0.05, 0.1) is 12.7 Å². The van der Waals surface area contributed by atoms with Gasteiger partial charge in [-0.15, -0.1) is 0 Å². The van der Waals surface area contributed by atoms with Gasteiger partial charge in [0.25, 0.3) is 5.91 Å². The molecule has 2 aliphatic rings. The lowest BCUT2D eigenvalue weighted by Crippen LogP contribution is -2.49. The number of likely N-dealkylation sites (N-methyl/N-ethyl adjacent to an activating group) is 1. The third-order valence-corrected chi connectivity index (χ3v) is 5.28. The molecular weight excluding hydrogens is 389 g/mol. The van der Waals surface area contributed by atoms with E-state index in [4.69, 9.17) is 14.6 Å². The van der Waals surface area contributed by atoms with E-state index in [1.54, 1.807) is 0 Å². The zero-order valence-electron chi connectivity index (χ0n) is 16.6. The topological polar surface area (TPSA) is 70.1 Å². The van der Waals surface area contributed by atoms with E-state index in [0.29, 0.717) is 5.92 Å². The first-order valence-corrected chi connectivity index (χ1v) is 9.62. The fraction of sp³-hybridized carbons (Fsp3) is 0.600. The van der Waals surface area contributed by atoms with Crippen LogP contribution in [0.1, 0.15) is 29.3 Å². The molecule has 0 spiro atoms. The number of piperidine rings is 1. The van der Waals surface area contributed by atoms with Gasteiger partial charge in [0.2, 0.25) is 0 Å². The zero-order chi connectivity index (χ0) is 21.6. The monoisotopic (exact) mass is 416 g/mol. The molecule has 1 N–H and O–H groups in total. The standard InChI is InChI=1S/C18H26N2O2.C2HF3O2/c1-3-19-10-11-22-17-13-20(9-8-15(17)12-19)18(21)16-7-5-4-6-14(16)2;3-2(4,5)1(6)7/h4-7,15,17H,3,8-13H2,1-2H3;(H,6,7)/t15-,17-;/m1./s1. The lowest BCUT2D eigenvalue weighted by molar-refractivity contribution is -0.192. The molecule has 1 aromatic carbocycles. The van der Waals surface area contributed by atoms with E-state index in [9.17, 15) is 18.0 Å². The van der Waals surface area contributed by atoms with Crippen LogP contribution in [0, 0.1) is 12.8 Å². The van der Waals surface area contributed by atoms with E-state index >= 15 is 0 Å². The molecular formula is C20H27F3N2O4. The summed E-state index contributed by atoms with van der Waals surface area (Å²) in [6, 6.07) is 7.85. The lowest BCUT2D eigenvalue weighted by Gasteiger charge is -2.38. The number of carboxylic acids is 1. The van der Waals surface area contributed by atoms with Crippen LogP contribution in [0.15, 0.2) is 24.3 Å². The molecule has 2 fully saturated rings. The van der Waals surface area contributed by atoms with Gasteiger partial charge in [0.15, 0.2) is 0 Å². The van der Waals surface area contributed by atoms with Gasteiger partial charge in [0, 0.05) is 37.7 Å². The van der Waals surface area contributed by atoms with Crippen LogP contribution in [-0.2, 0) is 9.53 Å². The second kappa shape index (κ2) is 10.1. The van der Waals surface area contributed by atoms with E-state index in [1.807, 2.05) is 36.1 Å². The molecule has 162 valence electrons. The Bertz CT molecular complexity index is 711. The molecule has 0 unspecified atom stereocenters. The number of aryl methyl sites for hydroxylation is 1. The maximum atomic E-state index is 12.8. The molecule has 1 amide bonds. The largest absolute Gasteiger partial charge is 0.490 e. The summed E-state index contributed by atoms with van der Waals surface area (Å²) in [4.78, 5) is 26.1. The summed E-state index contributed by atoms with van der Waals surface area (Å²) in [6.07, 6.45) is -3.85. The van der Waals surface area contributed by atoms with Crippen molar-refractivity contribution < 1.29 is 32.6 Å². The molecule has 2 atom stereocenters. The number of nitrogens with zero attached hydrogens (tertiary/aromatic N) is 2. The number of hydrogen-bond donors (Lipinski definition) is 1. The summed E-state index contributed by atoms with van der Waals surface area (Å²) >= 11 is 0. The summed E-state index contributed by atoms with van der Waals surface area (Å²) in [6.45, 7) is 9.76. The quantitative estimate of drug-likeness (QED) is 0.803. The van der Waals surface area contributed by atoms with E-state index < -0.39 is 12.1 Å². The molecule has 0 radical (unpaired) electrons. The Labute approximate surface area is 168 Å². The number of amides is 1. The van der Waals surface area contributed by atoms with Crippen LogP contribution < -0.4 is 0 Å². The van der Waals surface area contributed by atoms with Crippen molar-refractivity contribution in [3.8, 4) is 0 Å². The molecule has 0 saturated carbocycles. The van der Waals surface area contributed by atoms with Crippen LogP contribution in [0.4, 0.5) is 13.2 Å². The average Bonchev–Trinajstić information content (AvgIpc) is 2.88. The fourth-order valence-corrected chi connectivity index (χ4v) is 3.57. The second-order valence-electron chi connectivity index (χ2n) is 7.22. The molecule has 1 aromatic rings. The normalized spacial score (nSPS) is 22.7. The van der Waals surface area contributed by atoms with Crippen molar-refractivity contribution in [3.05, 3.63) is 35.4 Å². The van der Waals surface area contributed by atoms with E-state index in [1.165, 1.54) is 0 Å². The summed E-state index contributed by atoms with van der Waals surface area (Å²) in [7, 11) is 0. The summed E-state index contributed by atoms with van der Waals surface area (Å²) < 4.78 is 37.8. The van der Waals surface area contributed by atoms with Crippen LogP contribution in [0.5, 0.6) is 0 Å². The van der Waals surface area contributed by atoms with Crippen LogP contribution in [0.2, 0.25) is 0 Å². The number of carbonyl (C=O) groups excluding carboxylic acids is 1. The molecule has 0 bridgehead atoms. The van der Waals surface area contributed by atoms with Crippen molar-refractivity contribution in [2.75, 3.05) is 39.3 Å². The molecule has 2 aliphatic heterocycles. The van der Waals surface area contributed by atoms with Gasteiger partial charge in [-0.3, -0.25) is 4.79 Å². The first-order chi connectivity index (χ1) is 13.6. The van der Waals surface area contributed by atoms with E-state index in [-0.39, 0.29) is 12.0 Å². The molecule has 0 aromatic heterocycles. The number of carboxylic acid groups (broad SMARTS) is 1. The third-order valence-electron chi connectivity index (χ3n) is 5.28. The van der Waals surface area contributed by atoms with Gasteiger partial charge < -0.3 is 19.6 Å². The number of fused-ring (bicyclic) bond motifs is 1. The van der Waals surface area contributed by atoms with Crippen molar-refractivity contribution in [2.45, 2.75) is 32.5 Å². The minimum atomic E-state index is -5.08. The number of alkyl halides is 3. The van der Waals surface area contributed by atoms with Gasteiger partial charge in [-0.05, 0) is 31.5 Å². The summed E-state index contributed by atoms with van der Waals surface area (Å²) in [5.41, 5.74) is 1.87. The van der Waals surface area contributed by atoms with Crippen LogP contribution in [0.25, 0.3) is 0 Å². The molecule has 29 heavy (non-hydrogen) atoms. The van der Waals surface area contributed by atoms with Gasteiger partial charge in [-0.1, -0.05) is 25.1 Å². The Hall–Kier alpha value is -2.13. The maximum absolute atomic E-state index is 12.8. The number of hydrogen-bond acceptors (Lipinski definition) is 4. The van der Waals surface area contributed by atoms with Crippen molar-refractivity contribution >= 4 is 11.9 Å². The van der Waals surface area contributed by atoms with Crippen LogP contribution >= 0.6 is 0 Å². The van der Waals surface area contributed by atoms with Gasteiger partial charge in [-0.25, -0.2) is 4.79 Å².